The smallest absolute Gasteiger partial charge is 0.335 e. The van der Waals surface area contributed by atoms with Gasteiger partial charge in [0, 0.05) is 24.5 Å². The first-order valence-corrected chi connectivity index (χ1v) is 10.3. The number of nitrogens with zero attached hydrogens (tertiary/aromatic N) is 1. The third kappa shape index (κ3) is 5.33. The van der Waals surface area contributed by atoms with Gasteiger partial charge >= 0.3 is 5.97 Å². The number of esters is 1. The van der Waals surface area contributed by atoms with Crippen LogP contribution >= 0.6 is 0 Å². The second kappa shape index (κ2) is 9.22. The van der Waals surface area contributed by atoms with Crippen molar-refractivity contribution in [2.75, 3.05) is 6.61 Å². The predicted octanol–water partition coefficient (Wildman–Crippen LogP) is 3.00. The van der Waals surface area contributed by atoms with Gasteiger partial charge in [0.15, 0.2) is 6.10 Å². The van der Waals surface area contributed by atoms with Gasteiger partial charge in [0.05, 0.1) is 18.4 Å². The second-order valence-corrected chi connectivity index (χ2v) is 8.16. The Hall–Kier alpha value is -3.40. The van der Waals surface area contributed by atoms with E-state index in [2.05, 4.69) is 10.5 Å². The van der Waals surface area contributed by atoms with E-state index in [1.807, 2.05) is 0 Å². The lowest BCUT2D eigenvalue weighted by molar-refractivity contribution is -0.155. The maximum atomic E-state index is 13.5. The van der Waals surface area contributed by atoms with E-state index in [-0.39, 0.29) is 37.3 Å². The van der Waals surface area contributed by atoms with E-state index in [1.54, 1.807) is 6.07 Å². The number of nitrogens with one attached hydrogen (secondary N) is 1. The lowest BCUT2D eigenvalue weighted by atomic mass is 9.94. The summed E-state index contributed by atoms with van der Waals surface area (Å²) >= 11 is 0. The topological polar surface area (TPSA) is 86.2 Å². The zero-order valence-corrected chi connectivity index (χ0v) is 17.6. The standard InChI is InChI=1S/C23H21F3N2O5/c1-23(10-19(28-33-23)14-6-16(25)8-17(26)7-14)22(30)27-18-9-20(31-12-18)21(29)32-11-13-3-2-4-15(24)5-13/h2-8,18,20H,9-12H2,1H3,(H,27,30)/t18-,20-,23-/m1/s1. The van der Waals surface area contributed by atoms with E-state index >= 15 is 0 Å². The molecule has 0 aromatic heterocycles. The average Bonchev–Trinajstić information content (AvgIpc) is 3.39. The molecule has 2 aromatic carbocycles. The number of halogens is 3. The molecule has 1 N–H and O–H groups in total. The highest BCUT2D eigenvalue weighted by molar-refractivity contribution is 6.05. The van der Waals surface area contributed by atoms with Crippen molar-refractivity contribution in [1.82, 2.24) is 5.32 Å². The molecule has 3 atom stereocenters. The van der Waals surface area contributed by atoms with Crippen LogP contribution in [0.2, 0.25) is 0 Å². The summed E-state index contributed by atoms with van der Waals surface area (Å²) in [5.74, 6) is -3.06. The molecule has 2 aliphatic rings. The van der Waals surface area contributed by atoms with Crippen molar-refractivity contribution < 1.29 is 37.1 Å². The molecule has 1 amide bonds. The minimum absolute atomic E-state index is 0.00834. The number of carbonyl (C=O) groups is 2. The Morgan fingerprint density at radius 3 is 2.64 bits per heavy atom. The van der Waals surface area contributed by atoms with E-state index in [0.717, 1.165) is 18.2 Å². The zero-order chi connectivity index (χ0) is 23.6. The van der Waals surface area contributed by atoms with Crippen molar-refractivity contribution in [1.29, 1.82) is 0 Å². The van der Waals surface area contributed by atoms with Gasteiger partial charge in [-0.2, -0.15) is 0 Å². The number of oxime groups is 1. The molecule has 0 radical (unpaired) electrons. The Kier molecular flexibility index (Phi) is 6.37. The molecule has 33 heavy (non-hydrogen) atoms. The van der Waals surface area contributed by atoms with Crippen LogP contribution in [0.15, 0.2) is 47.6 Å². The number of hydrogen-bond donors (Lipinski definition) is 1. The fourth-order valence-corrected chi connectivity index (χ4v) is 3.64. The van der Waals surface area contributed by atoms with Crippen molar-refractivity contribution in [2.24, 2.45) is 5.16 Å². The van der Waals surface area contributed by atoms with Crippen LogP contribution in [-0.2, 0) is 30.5 Å². The summed E-state index contributed by atoms with van der Waals surface area (Å²) in [7, 11) is 0. The fourth-order valence-electron chi connectivity index (χ4n) is 3.64. The number of amides is 1. The molecule has 0 bridgehead atoms. The highest BCUT2D eigenvalue weighted by Gasteiger charge is 2.44. The number of ether oxygens (including phenoxy) is 2. The minimum Gasteiger partial charge on any atom is -0.459 e. The van der Waals surface area contributed by atoms with Crippen LogP contribution in [0.5, 0.6) is 0 Å². The monoisotopic (exact) mass is 462 g/mol. The minimum atomic E-state index is -1.38. The maximum absolute atomic E-state index is 13.5. The summed E-state index contributed by atoms with van der Waals surface area (Å²) in [4.78, 5) is 30.3. The molecule has 4 rings (SSSR count). The molecule has 174 valence electrons. The van der Waals surface area contributed by atoms with Gasteiger partial charge in [-0.25, -0.2) is 18.0 Å². The van der Waals surface area contributed by atoms with Gasteiger partial charge in [-0.15, -0.1) is 0 Å². The predicted molar refractivity (Wildman–Crippen MR) is 109 cm³/mol. The van der Waals surface area contributed by atoms with Gasteiger partial charge in [0.25, 0.3) is 5.91 Å². The molecule has 0 unspecified atom stereocenters. The molecule has 2 aromatic rings. The van der Waals surface area contributed by atoms with Crippen molar-refractivity contribution in [2.45, 2.75) is 44.1 Å². The summed E-state index contributed by atoms with van der Waals surface area (Å²) in [5, 5.41) is 6.58. The molecular weight excluding hydrogens is 441 g/mol. The van der Waals surface area contributed by atoms with E-state index in [9.17, 15) is 22.8 Å². The number of carbonyl (C=O) groups excluding carboxylic acids is 2. The molecule has 0 saturated carbocycles. The van der Waals surface area contributed by atoms with Crippen LogP contribution in [0.3, 0.4) is 0 Å². The van der Waals surface area contributed by atoms with Crippen LogP contribution in [0.4, 0.5) is 13.2 Å². The van der Waals surface area contributed by atoms with E-state index < -0.39 is 47.1 Å². The number of rotatable bonds is 6. The van der Waals surface area contributed by atoms with Crippen LogP contribution in [-0.4, -0.2) is 41.9 Å². The van der Waals surface area contributed by atoms with E-state index in [1.165, 1.54) is 25.1 Å². The summed E-state index contributed by atoms with van der Waals surface area (Å²) < 4.78 is 50.8. The van der Waals surface area contributed by atoms with Crippen molar-refractivity contribution in [3.05, 3.63) is 71.0 Å². The molecule has 1 fully saturated rings. The second-order valence-electron chi connectivity index (χ2n) is 8.16. The lowest BCUT2D eigenvalue weighted by Gasteiger charge is -2.22. The van der Waals surface area contributed by atoms with E-state index in [0.29, 0.717) is 5.56 Å². The Labute approximate surface area is 187 Å². The SMILES string of the molecule is C[C@]1(C(=O)N[C@H]2CO[C@@H](C(=O)OCc3cccc(F)c3)C2)CC(c2cc(F)cc(F)c2)=NO1. The first-order valence-electron chi connectivity index (χ1n) is 10.3. The van der Waals surface area contributed by atoms with Gasteiger partial charge in [-0.05, 0) is 36.8 Å². The largest absolute Gasteiger partial charge is 0.459 e. The molecule has 1 saturated heterocycles. The summed E-state index contributed by atoms with van der Waals surface area (Å²) in [5.41, 5.74) is -0.443. The van der Waals surface area contributed by atoms with E-state index in [4.69, 9.17) is 14.3 Å². The Bertz CT molecular complexity index is 1090. The molecule has 7 nitrogen and oxygen atoms in total. The molecule has 0 spiro atoms. The Morgan fingerprint density at radius 1 is 1.15 bits per heavy atom. The average molecular weight is 462 g/mol. The molecule has 0 aliphatic carbocycles. The van der Waals surface area contributed by atoms with Gasteiger partial charge < -0.3 is 19.6 Å². The molecule has 2 aliphatic heterocycles. The van der Waals surface area contributed by atoms with Crippen molar-refractivity contribution in [3.8, 4) is 0 Å². The summed E-state index contributed by atoms with van der Waals surface area (Å²) in [6.07, 6.45) is -0.677. The maximum Gasteiger partial charge on any atom is 0.335 e. The third-order valence-electron chi connectivity index (χ3n) is 5.40. The Balaban J connectivity index is 1.28. The first-order chi connectivity index (χ1) is 15.7. The van der Waals surface area contributed by atoms with Crippen LogP contribution < -0.4 is 5.32 Å². The highest BCUT2D eigenvalue weighted by atomic mass is 19.1. The Morgan fingerprint density at radius 2 is 1.91 bits per heavy atom. The third-order valence-corrected chi connectivity index (χ3v) is 5.40. The molecule has 2 heterocycles. The summed E-state index contributed by atoms with van der Waals surface area (Å²) in [6, 6.07) is 8.19. The van der Waals surface area contributed by atoms with Crippen LogP contribution in [0, 0.1) is 17.5 Å². The van der Waals surface area contributed by atoms with Gasteiger partial charge in [-0.1, -0.05) is 17.3 Å². The van der Waals surface area contributed by atoms with Gasteiger partial charge in [-0.3, -0.25) is 4.79 Å². The number of hydrogen-bond acceptors (Lipinski definition) is 6. The summed E-state index contributed by atoms with van der Waals surface area (Å²) in [6.45, 7) is 1.50. The number of benzene rings is 2. The quantitative estimate of drug-likeness (QED) is 0.667. The van der Waals surface area contributed by atoms with Crippen molar-refractivity contribution >= 4 is 17.6 Å². The van der Waals surface area contributed by atoms with Crippen LogP contribution in [0.25, 0.3) is 0 Å². The molecular formula is C23H21F3N2O5. The lowest BCUT2D eigenvalue weighted by Crippen LogP contribution is -2.49. The van der Waals surface area contributed by atoms with Crippen LogP contribution in [0.1, 0.15) is 30.9 Å². The normalized spacial score (nSPS) is 24.2. The van der Waals surface area contributed by atoms with Gasteiger partial charge in [0.1, 0.15) is 24.1 Å². The zero-order valence-electron chi connectivity index (χ0n) is 17.6. The first kappa shape index (κ1) is 22.8. The molecule has 10 heteroatoms. The van der Waals surface area contributed by atoms with Crippen molar-refractivity contribution in [3.63, 3.8) is 0 Å². The fraction of sp³-hybridized carbons (Fsp3) is 0.348. The highest BCUT2D eigenvalue weighted by Crippen LogP contribution is 2.28. The van der Waals surface area contributed by atoms with Gasteiger partial charge in [0.2, 0.25) is 5.60 Å².